The molecule has 1 atom stereocenters. The van der Waals surface area contributed by atoms with E-state index in [0.717, 1.165) is 29.8 Å². The molecular formula is C45H46N2O. The molecule has 0 radical (unpaired) electrons. The van der Waals surface area contributed by atoms with Crippen molar-refractivity contribution in [3.8, 4) is 0 Å². The van der Waals surface area contributed by atoms with Crippen molar-refractivity contribution in [3.63, 3.8) is 0 Å². The van der Waals surface area contributed by atoms with Gasteiger partial charge in [0.2, 0.25) is 0 Å². The highest BCUT2D eigenvalue weighted by Crippen LogP contribution is 2.47. The van der Waals surface area contributed by atoms with Gasteiger partial charge in [-0.2, -0.15) is 0 Å². The van der Waals surface area contributed by atoms with E-state index in [2.05, 4.69) is 171 Å². The van der Waals surface area contributed by atoms with E-state index in [4.69, 9.17) is 4.74 Å². The maximum atomic E-state index is 6.21. The standard InChI is InChI=1S/C45H46N2O/c1-33-8-19-39(20-9-33)46(40-21-10-34(2)11-22-40)41-25-15-37(16-26-41)45(30-6-5-7-31-45)38-17-27-43(28-18-38)47(42-23-12-35(3)13-24-42)44-29-14-36(4)32-48-44/h8-29,32,44H,5-7,30-31H2,1-4H3. The van der Waals surface area contributed by atoms with Crippen LogP contribution in [0.1, 0.15) is 66.8 Å². The number of rotatable bonds is 8. The molecule has 1 unspecified atom stereocenters. The van der Waals surface area contributed by atoms with Crippen molar-refractivity contribution < 1.29 is 4.74 Å². The molecule has 3 nitrogen and oxygen atoms in total. The zero-order chi connectivity index (χ0) is 33.1. The van der Waals surface area contributed by atoms with Crippen LogP contribution in [0.2, 0.25) is 0 Å². The lowest BCUT2D eigenvalue weighted by molar-refractivity contribution is 0.186. The van der Waals surface area contributed by atoms with Gasteiger partial charge < -0.3 is 14.5 Å². The van der Waals surface area contributed by atoms with Crippen molar-refractivity contribution in [2.24, 2.45) is 0 Å². The van der Waals surface area contributed by atoms with Gasteiger partial charge in [0, 0.05) is 33.9 Å². The Balaban J connectivity index is 1.23. The van der Waals surface area contributed by atoms with E-state index in [1.165, 1.54) is 64.1 Å². The van der Waals surface area contributed by atoms with Crippen LogP contribution in [0.25, 0.3) is 0 Å². The first-order valence-electron chi connectivity index (χ1n) is 17.4. The Bertz CT molecular complexity index is 1830. The fourth-order valence-corrected chi connectivity index (χ4v) is 7.40. The zero-order valence-electron chi connectivity index (χ0n) is 28.7. The van der Waals surface area contributed by atoms with Gasteiger partial charge in [-0.1, -0.05) is 103 Å². The lowest BCUT2D eigenvalue weighted by Gasteiger charge is -2.39. The first-order chi connectivity index (χ1) is 23.4. The van der Waals surface area contributed by atoms with Crippen molar-refractivity contribution in [2.75, 3.05) is 9.80 Å². The topological polar surface area (TPSA) is 15.7 Å². The molecule has 0 amide bonds. The molecule has 242 valence electrons. The van der Waals surface area contributed by atoms with E-state index in [0.29, 0.717) is 0 Å². The Morgan fingerprint density at radius 1 is 0.500 bits per heavy atom. The second kappa shape index (κ2) is 13.6. The van der Waals surface area contributed by atoms with Gasteiger partial charge in [-0.25, -0.2) is 0 Å². The maximum absolute atomic E-state index is 6.21. The second-order valence-electron chi connectivity index (χ2n) is 13.7. The Labute approximate surface area is 286 Å². The van der Waals surface area contributed by atoms with E-state index >= 15 is 0 Å². The average Bonchev–Trinajstić information content (AvgIpc) is 3.13. The number of hydrogen-bond acceptors (Lipinski definition) is 3. The summed E-state index contributed by atoms with van der Waals surface area (Å²) in [5.41, 5.74) is 13.4. The highest BCUT2D eigenvalue weighted by atomic mass is 16.5. The Kier molecular flexibility index (Phi) is 8.95. The lowest BCUT2D eigenvalue weighted by Crippen LogP contribution is -2.32. The van der Waals surface area contributed by atoms with Crippen LogP contribution < -0.4 is 9.80 Å². The number of aryl methyl sites for hydroxylation is 3. The average molecular weight is 631 g/mol. The van der Waals surface area contributed by atoms with Gasteiger partial charge in [-0.15, -0.1) is 0 Å². The molecule has 1 fully saturated rings. The number of hydrogen-bond donors (Lipinski definition) is 0. The predicted molar refractivity (Wildman–Crippen MR) is 202 cm³/mol. The summed E-state index contributed by atoms with van der Waals surface area (Å²) in [7, 11) is 0. The Morgan fingerprint density at radius 3 is 1.31 bits per heavy atom. The van der Waals surface area contributed by atoms with Crippen molar-refractivity contribution in [3.05, 3.63) is 173 Å². The summed E-state index contributed by atoms with van der Waals surface area (Å²) in [6, 6.07) is 45.1. The molecule has 0 spiro atoms. The van der Waals surface area contributed by atoms with Crippen LogP contribution >= 0.6 is 0 Å². The quantitative estimate of drug-likeness (QED) is 0.170. The minimum absolute atomic E-state index is 0.0103. The number of nitrogens with zero attached hydrogens (tertiary/aromatic N) is 2. The molecule has 1 saturated carbocycles. The van der Waals surface area contributed by atoms with E-state index in [1.54, 1.807) is 0 Å². The largest absolute Gasteiger partial charge is 0.474 e. The predicted octanol–water partition coefficient (Wildman–Crippen LogP) is 12.3. The molecule has 0 N–H and O–H groups in total. The summed E-state index contributed by atoms with van der Waals surface area (Å²) in [4.78, 5) is 4.65. The fourth-order valence-electron chi connectivity index (χ4n) is 7.40. The molecule has 7 rings (SSSR count). The van der Waals surface area contributed by atoms with Crippen molar-refractivity contribution in [1.29, 1.82) is 0 Å². The summed E-state index contributed by atoms with van der Waals surface area (Å²) >= 11 is 0. The van der Waals surface area contributed by atoms with Crippen LogP contribution in [0.4, 0.5) is 28.4 Å². The highest BCUT2D eigenvalue weighted by Gasteiger charge is 2.36. The molecule has 1 aliphatic carbocycles. The first kappa shape index (κ1) is 31.6. The summed E-state index contributed by atoms with van der Waals surface area (Å²) in [6.45, 7) is 8.48. The third-order valence-corrected chi connectivity index (χ3v) is 10.2. The Hall–Kier alpha value is -5.02. The molecule has 48 heavy (non-hydrogen) atoms. The summed E-state index contributed by atoms with van der Waals surface area (Å²) in [6.07, 6.45) is 12.0. The molecule has 0 saturated heterocycles. The minimum Gasteiger partial charge on any atom is -0.474 e. The van der Waals surface area contributed by atoms with E-state index < -0.39 is 0 Å². The van der Waals surface area contributed by atoms with E-state index in [-0.39, 0.29) is 11.6 Å². The number of ether oxygens (including phenoxy) is 1. The second-order valence-corrected chi connectivity index (χ2v) is 13.7. The van der Waals surface area contributed by atoms with Gasteiger partial charge in [0.05, 0.1) is 6.26 Å². The van der Waals surface area contributed by atoms with Crippen molar-refractivity contribution >= 4 is 28.4 Å². The third kappa shape index (κ3) is 6.42. The monoisotopic (exact) mass is 630 g/mol. The molecule has 1 aliphatic heterocycles. The van der Waals surface area contributed by atoms with Crippen molar-refractivity contribution in [2.45, 2.75) is 71.4 Å². The molecule has 1 heterocycles. The van der Waals surface area contributed by atoms with Crippen LogP contribution in [-0.2, 0) is 10.2 Å². The lowest BCUT2D eigenvalue weighted by atomic mass is 9.65. The molecule has 3 heteroatoms. The van der Waals surface area contributed by atoms with Gasteiger partial charge in [0.25, 0.3) is 0 Å². The van der Waals surface area contributed by atoms with Gasteiger partial charge in [0.15, 0.2) is 6.23 Å². The van der Waals surface area contributed by atoms with E-state index in [1.807, 2.05) is 6.26 Å². The fraction of sp³-hybridized carbons (Fsp3) is 0.244. The third-order valence-electron chi connectivity index (χ3n) is 10.2. The normalized spacial score (nSPS) is 16.9. The van der Waals surface area contributed by atoms with E-state index in [9.17, 15) is 0 Å². The van der Waals surface area contributed by atoms with Crippen molar-refractivity contribution in [1.82, 2.24) is 0 Å². The molecule has 5 aromatic rings. The molecule has 0 bridgehead atoms. The summed E-state index contributed by atoms with van der Waals surface area (Å²) < 4.78 is 6.21. The maximum Gasteiger partial charge on any atom is 0.195 e. The SMILES string of the molecule is CC1=COC(N(c2ccc(C)cc2)c2ccc(C3(c4ccc(N(c5ccc(C)cc5)c5ccc(C)cc5)cc4)CCCCC3)cc2)C=C1. The Morgan fingerprint density at radius 2 is 0.896 bits per heavy atom. The molecule has 2 aliphatic rings. The van der Waals surface area contributed by atoms with Crippen LogP contribution in [-0.4, -0.2) is 6.23 Å². The van der Waals surface area contributed by atoms with Crippen LogP contribution in [0.3, 0.4) is 0 Å². The molecule has 5 aromatic carbocycles. The van der Waals surface area contributed by atoms with Gasteiger partial charge in [0.1, 0.15) is 0 Å². The number of anilines is 5. The van der Waals surface area contributed by atoms with Crippen LogP contribution in [0, 0.1) is 20.8 Å². The van der Waals surface area contributed by atoms with Crippen LogP contribution in [0.15, 0.2) is 145 Å². The number of allylic oxidation sites excluding steroid dienone is 2. The van der Waals surface area contributed by atoms with Crippen LogP contribution in [0.5, 0.6) is 0 Å². The van der Waals surface area contributed by atoms with Gasteiger partial charge in [-0.3, -0.25) is 0 Å². The first-order valence-corrected chi connectivity index (χ1v) is 17.4. The smallest absolute Gasteiger partial charge is 0.195 e. The number of benzene rings is 5. The highest BCUT2D eigenvalue weighted by molar-refractivity contribution is 5.77. The van der Waals surface area contributed by atoms with Gasteiger partial charge in [-0.05, 0) is 124 Å². The summed E-state index contributed by atoms with van der Waals surface area (Å²) in [5.74, 6) is 0. The zero-order valence-corrected chi connectivity index (χ0v) is 28.7. The summed E-state index contributed by atoms with van der Waals surface area (Å²) in [5, 5.41) is 0. The minimum atomic E-state index is -0.205. The molecular weight excluding hydrogens is 585 g/mol. The molecule has 0 aromatic heterocycles. The van der Waals surface area contributed by atoms with Gasteiger partial charge >= 0.3 is 0 Å².